The summed E-state index contributed by atoms with van der Waals surface area (Å²) in [6.07, 6.45) is 0. The van der Waals surface area contributed by atoms with Gasteiger partial charge in [0.2, 0.25) is 0 Å². The van der Waals surface area contributed by atoms with Gasteiger partial charge < -0.3 is 9.47 Å². The number of carbonyl (C=O) groups is 1. The fourth-order valence-corrected chi connectivity index (χ4v) is 3.55. The lowest BCUT2D eigenvalue weighted by atomic mass is 10.2. The quantitative estimate of drug-likeness (QED) is 0.611. The minimum absolute atomic E-state index is 0.0732. The molecule has 1 unspecified atom stereocenters. The molecule has 0 aliphatic carbocycles. The van der Waals surface area contributed by atoms with Gasteiger partial charge in [0.25, 0.3) is 0 Å². The molecule has 1 aromatic carbocycles. The maximum absolute atomic E-state index is 12.1. The van der Waals surface area contributed by atoms with Gasteiger partial charge in [-0.25, -0.2) is 8.42 Å². The molecule has 19 heavy (non-hydrogen) atoms. The number of sulfone groups is 1. The zero-order chi connectivity index (χ0) is 14.7. The topological polar surface area (TPSA) is 69.7 Å². The highest BCUT2D eigenvalue weighted by atomic mass is 35.5. The van der Waals surface area contributed by atoms with Gasteiger partial charge in [0.1, 0.15) is 5.75 Å². The smallest absolute Gasteiger partial charge is 0.327 e. The Morgan fingerprint density at radius 2 is 1.79 bits per heavy atom. The van der Waals surface area contributed by atoms with Crippen molar-refractivity contribution in [1.82, 2.24) is 0 Å². The molecule has 0 bridgehead atoms. The van der Waals surface area contributed by atoms with Gasteiger partial charge in [-0.3, -0.25) is 4.79 Å². The van der Waals surface area contributed by atoms with Crippen molar-refractivity contribution in [2.45, 2.75) is 16.7 Å². The molecule has 0 fully saturated rings. The van der Waals surface area contributed by atoms with Crippen molar-refractivity contribution < 1.29 is 22.7 Å². The molecule has 0 amide bonds. The SMILES string of the molecule is COC(=O)C(C)(Cl)CS(=O)(=O)c1ccc(OC)cc1. The molecule has 0 heterocycles. The van der Waals surface area contributed by atoms with Crippen molar-refractivity contribution in [2.24, 2.45) is 0 Å². The summed E-state index contributed by atoms with van der Waals surface area (Å²) in [5.74, 6) is -0.785. The molecule has 0 N–H and O–H groups in total. The van der Waals surface area contributed by atoms with Gasteiger partial charge in [-0.2, -0.15) is 0 Å². The second-order valence-electron chi connectivity index (χ2n) is 4.12. The third-order valence-electron chi connectivity index (χ3n) is 2.49. The average molecular weight is 307 g/mol. The van der Waals surface area contributed by atoms with E-state index >= 15 is 0 Å². The first-order valence-corrected chi connectivity index (χ1v) is 7.40. The Morgan fingerprint density at radius 3 is 2.21 bits per heavy atom. The molecule has 0 saturated carbocycles. The molecule has 0 aliphatic rings. The van der Waals surface area contributed by atoms with Crippen LogP contribution in [-0.2, 0) is 19.4 Å². The van der Waals surface area contributed by atoms with Gasteiger partial charge in [-0.05, 0) is 31.2 Å². The van der Waals surface area contributed by atoms with Crippen LogP contribution in [0, 0.1) is 0 Å². The molecule has 106 valence electrons. The van der Waals surface area contributed by atoms with E-state index in [1.807, 2.05) is 0 Å². The number of benzene rings is 1. The van der Waals surface area contributed by atoms with Crippen molar-refractivity contribution in [3.05, 3.63) is 24.3 Å². The van der Waals surface area contributed by atoms with Crippen LogP contribution in [0.5, 0.6) is 5.75 Å². The summed E-state index contributed by atoms with van der Waals surface area (Å²) in [7, 11) is -1.05. The monoisotopic (exact) mass is 306 g/mol. The van der Waals surface area contributed by atoms with Crippen molar-refractivity contribution in [3.8, 4) is 5.75 Å². The molecule has 5 nitrogen and oxygen atoms in total. The van der Waals surface area contributed by atoms with Gasteiger partial charge in [0, 0.05) is 0 Å². The number of ether oxygens (including phenoxy) is 2. The summed E-state index contributed by atoms with van der Waals surface area (Å²) in [4.78, 5) is 9.86. The fourth-order valence-electron chi connectivity index (χ4n) is 1.49. The molecule has 1 atom stereocenters. The Bertz CT molecular complexity index is 548. The molecule has 0 aromatic heterocycles. The third-order valence-corrected chi connectivity index (χ3v) is 4.88. The van der Waals surface area contributed by atoms with E-state index in [0.717, 1.165) is 7.11 Å². The predicted molar refractivity (Wildman–Crippen MR) is 71.3 cm³/mol. The zero-order valence-corrected chi connectivity index (χ0v) is 12.4. The molecule has 7 heteroatoms. The Kier molecular flexibility index (Phi) is 4.81. The first-order chi connectivity index (χ1) is 8.73. The van der Waals surface area contributed by atoms with E-state index in [4.69, 9.17) is 16.3 Å². The highest BCUT2D eigenvalue weighted by Gasteiger charge is 2.37. The number of hydrogen-bond acceptors (Lipinski definition) is 5. The third kappa shape index (κ3) is 3.84. The van der Waals surface area contributed by atoms with Crippen LogP contribution in [0.4, 0.5) is 0 Å². The van der Waals surface area contributed by atoms with E-state index in [-0.39, 0.29) is 4.90 Å². The summed E-state index contributed by atoms with van der Waals surface area (Å²) in [6.45, 7) is 1.31. The van der Waals surface area contributed by atoms with Crippen LogP contribution in [-0.4, -0.2) is 39.2 Å². The standard InChI is InChI=1S/C12H15ClO5S/c1-12(13,11(14)18-3)8-19(15,16)10-6-4-9(17-2)5-7-10/h4-7H,8H2,1-3H3. The van der Waals surface area contributed by atoms with Crippen molar-refractivity contribution >= 4 is 27.4 Å². The van der Waals surface area contributed by atoms with E-state index in [0.29, 0.717) is 5.75 Å². The summed E-state index contributed by atoms with van der Waals surface area (Å²) in [5.41, 5.74) is 0. The average Bonchev–Trinajstić information content (AvgIpc) is 2.36. The van der Waals surface area contributed by atoms with Crippen molar-refractivity contribution in [1.29, 1.82) is 0 Å². The Hall–Kier alpha value is -1.27. The van der Waals surface area contributed by atoms with Gasteiger partial charge in [0.05, 0.1) is 24.9 Å². The second-order valence-corrected chi connectivity index (χ2v) is 6.95. The second kappa shape index (κ2) is 5.79. The molecule has 1 rings (SSSR count). The minimum atomic E-state index is -3.69. The van der Waals surface area contributed by atoms with Crippen LogP contribution in [0.25, 0.3) is 0 Å². The van der Waals surface area contributed by atoms with E-state index in [1.165, 1.54) is 38.3 Å². The summed E-state index contributed by atoms with van der Waals surface area (Å²) in [5, 5.41) is 0. The highest BCUT2D eigenvalue weighted by Crippen LogP contribution is 2.24. The molecule has 1 aromatic rings. The van der Waals surface area contributed by atoms with Gasteiger partial charge in [-0.1, -0.05) is 0 Å². The fraction of sp³-hybridized carbons (Fsp3) is 0.417. The van der Waals surface area contributed by atoms with E-state index in [9.17, 15) is 13.2 Å². The van der Waals surface area contributed by atoms with Crippen LogP contribution >= 0.6 is 11.6 Å². The Balaban J connectivity index is 3.01. The van der Waals surface area contributed by atoms with Crippen LogP contribution in [0.2, 0.25) is 0 Å². The maximum Gasteiger partial charge on any atom is 0.327 e. The summed E-state index contributed by atoms with van der Waals surface area (Å²) >= 11 is 5.90. The van der Waals surface area contributed by atoms with E-state index in [2.05, 4.69) is 4.74 Å². The lowest BCUT2D eigenvalue weighted by Gasteiger charge is -2.18. The predicted octanol–water partition coefficient (Wildman–Crippen LogP) is 1.64. The van der Waals surface area contributed by atoms with Crippen LogP contribution in [0.15, 0.2) is 29.2 Å². The normalized spacial score (nSPS) is 14.5. The lowest BCUT2D eigenvalue weighted by Crippen LogP contribution is -2.37. The lowest BCUT2D eigenvalue weighted by molar-refractivity contribution is -0.142. The number of hydrogen-bond donors (Lipinski definition) is 0. The molecule has 0 spiro atoms. The number of esters is 1. The Labute approximate surface area is 117 Å². The molecular weight excluding hydrogens is 292 g/mol. The number of halogens is 1. The van der Waals surface area contributed by atoms with Crippen LogP contribution < -0.4 is 4.74 Å². The minimum Gasteiger partial charge on any atom is -0.497 e. The number of rotatable bonds is 5. The number of alkyl halides is 1. The Morgan fingerprint density at radius 1 is 1.26 bits per heavy atom. The van der Waals surface area contributed by atoms with Crippen molar-refractivity contribution in [3.63, 3.8) is 0 Å². The first-order valence-electron chi connectivity index (χ1n) is 5.37. The highest BCUT2D eigenvalue weighted by molar-refractivity contribution is 7.91. The number of carbonyl (C=O) groups excluding carboxylic acids is 1. The van der Waals surface area contributed by atoms with E-state index in [1.54, 1.807) is 0 Å². The molecule has 0 saturated heterocycles. The van der Waals surface area contributed by atoms with Gasteiger partial charge in [-0.15, -0.1) is 11.6 Å². The first kappa shape index (κ1) is 15.8. The van der Waals surface area contributed by atoms with Gasteiger partial charge >= 0.3 is 5.97 Å². The van der Waals surface area contributed by atoms with Crippen molar-refractivity contribution in [2.75, 3.05) is 20.0 Å². The molecule has 0 radical (unpaired) electrons. The number of methoxy groups -OCH3 is 2. The van der Waals surface area contributed by atoms with E-state index < -0.39 is 26.4 Å². The zero-order valence-electron chi connectivity index (χ0n) is 10.8. The van der Waals surface area contributed by atoms with Crippen LogP contribution in [0.1, 0.15) is 6.92 Å². The van der Waals surface area contributed by atoms with Gasteiger partial charge in [0.15, 0.2) is 14.7 Å². The summed E-state index contributed by atoms with van der Waals surface area (Å²) < 4.78 is 33.7. The maximum atomic E-state index is 12.1. The molecule has 0 aliphatic heterocycles. The van der Waals surface area contributed by atoms with Crippen LogP contribution in [0.3, 0.4) is 0 Å². The summed E-state index contributed by atoms with van der Waals surface area (Å²) in [6, 6.07) is 5.85. The molecular formula is C12H15ClO5S. The largest absolute Gasteiger partial charge is 0.497 e.